The fourth-order valence-electron chi connectivity index (χ4n) is 2.17. The van der Waals surface area contributed by atoms with Crippen molar-refractivity contribution in [3.05, 3.63) is 29.3 Å². The van der Waals surface area contributed by atoms with Gasteiger partial charge in [-0.15, -0.1) is 11.8 Å². The van der Waals surface area contributed by atoms with E-state index in [0.29, 0.717) is 6.54 Å². The highest BCUT2D eigenvalue weighted by atomic mass is 32.2. The number of hydrogen-bond donors (Lipinski definition) is 1. The van der Waals surface area contributed by atoms with Crippen LogP contribution in [0.3, 0.4) is 0 Å². The normalized spacial score (nSPS) is 17.2. The highest BCUT2D eigenvalue weighted by Gasteiger charge is 2.17. The first-order valence-corrected chi connectivity index (χ1v) is 6.64. The van der Waals surface area contributed by atoms with Gasteiger partial charge < -0.3 is 5.73 Å². The summed E-state index contributed by atoms with van der Waals surface area (Å²) >= 11 is 2.03. The molecular formula is C13H19NS. The number of rotatable bonds is 3. The summed E-state index contributed by atoms with van der Waals surface area (Å²) in [6.07, 6.45) is 5.56. The molecule has 1 aliphatic rings. The summed E-state index contributed by atoms with van der Waals surface area (Å²) in [7, 11) is 0. The molecule has 0 bridgehead atoms. The molecular weight excluding hydrogens is 202 g/mol. The topological polar surface area (TPSA) is 26.0 Å². The van der Waals surface area contributed by atoms with Gasteiger partial charge in [-0.2, -0.15) is 0 Å². The quantitative estimate of drug-likeness (QED) is 0.845. The predicted octanol–water partition coefficient (Wildman–Crippen LogP) is 3.49. The van der Waals surface area contributed by atoms with Crippen LogP contribution in [0.1, 0.15) is 36.8 Å². The van der Waals surface area contributed by atoms with Crippen LogP contribution in [0.4, 0.5) is 0 Å². The van der Waals surface area contributed by atoms with Crippen molar-refractivity contribution in [1.29, 1.82) is 0 Å². The van der Waals surface area contributed by atoms with E-state index in [1.807, 2.05) is 11.8 Å². The summed E-state index contributed by atoms with van der Waals surface area (Å²) in [6.45, 7) is 2.79. The summed E-state index contributed by atoms with van der Waals surface area (Å²) in [6, 6.07) is 6.65. The van der Waals surface area contributed by atoms with E-state index >= 15 is 0 Å². The van der Waals surface area contributed by atoms with Gasteiger partial charge in [-0.1, -0.05) is 30.5 Å². The van der Waals surface area contributed by atoms with E-state index in [-0.39, 0.29) is 0 Å². The van der Waals surface area contributed by atoms with Crippen LogP contribution in [-0.2, 0) is 6.54 Å². The highest BCUT2D eigenvalue weighted by Crippen LogP contribution is 2.36. The van der Waals surface area contributed by atoms with Crippen LogP contribution in [0.15, 0.2) is 23.1 Å². The molecule has 1 aromatic carbocycles. The fraction of sp³-hybridized carbons (Fsp3) is 0.538. The van der Waals surface area contributed by atoms with E-state index in [4.69, 9.17) is 5.73 Å². The minimum absolute atomic E-state index is 0.663. The lowest BCUT2D eigenvalue weighted by Crippen LogP contribution is -2.01. The molecule has 0 aliphatic heterocycles. The van der Waals surface area contributed by atoms with E-state index < -0.39 is 0 Å². The van der Waals surface area contributed by atoms with Crippen molar-refractivity contribution < 1.29 is 0 Å². The Kier molecular flexibility index (Phi) is 3.71. The van der Waals surface area contributed by atoms with Crippen molar-refractivity contribution in [1.82, 2.24) is 0 Å². The molecule has 0 atom stereocenters. The lowest BCUT2D eigenvalue weighted by Gasteiger charge is -2.12. The van der Waals surface area contributed by atoms with Gasteiger partial charge in [0, 0.05) is 16.7 Å². The molecule has 82 valence electrons. The molecule has 1 aliphatic carbocycles. The minimum atomic E-state index is 0.663. The van der Waals surface area contributed by atoms with Crippen molar-refractivity contribution in [3.63, 3.8) is 0 Å². The minimum Gasteiger partial charge on any atom is -0.326 e. The Balaban J connectivity index is 2.12. The Morgan fingerprint density at radius 3 is 2.73 bits per heavy atom. The Bertz CT molecular complexity index is 329. The molecule has 2 N–H and O–H groups in total. The summed E-state index contributed by atoms with van der Waals surface area (Å²) in [5, 5.41) is 0.831. The summed E-state index contributed by atoms with van der Waals surface area (Å²) in [5.41, 5.74) is 8.40. The smallest absolute Gasteiger partial charge is 0.0189 e. The lowest BCUT2D eigenvalue weighted by molar-refractivity contribution is 0.886. The molecule has 2 rings (SSSR count). The molecule has 2 heteroatoms. The first-order valence-electron chi connectivity index (χ1n) is 5.76. The standard InChI is InChI=1S/C13H19NS/c1-10-6-7-13(11(8-10)9-14)15-12-4-2-3-5-12/h6-8,12H,2-5,9,14H2,1H3. The van der Waals surface area contributed by atoms with Crippen molar-refractivity contribution in [3.8, 4) is 0 Å². The van der Waals surface area contributed by atoms with Crippen LogP contribution in [0.25, 0.3) is 0 Å². The van der Waals surface area contributed by atoms with Gasteiger partial charge in [0.05, 0.1) is 0 Å². The SMILES string of the molecule is Cc1ccc(SC2CCCC2)c(CN)c1. The van der Waals surface area contributed by atoms with Crippen LogP contribution in [0.5, 0.6) is 0 Å². The van der Waals surface area contributed by atoms with Crippen molar-refractivity contribution in [2.45, 2.75) is 49.3 Å². The summed E-state index contributed by atoms with van der Waals surface area (Å²) in [5.74, 6) is 0. The lowest BCUT2D eigenvalue weighted by atomic mass is 10.1. The van der Waals surface area contributed by atoms with Crippen LogP contribution in [-0.4, -0.2) is 5.25 Å². The van der Waals surface area contributed by atoms with Crippen molar-refractivity contribution in [2.75, 3.05) is 0 Å². The average Bonchev–Trinajstić information content (AvgIpc) is 2.73. The number of hydrogen-bond acceptors (Lipinski definition) is 2. The zero-order chi connectivity index (χ0) is 10.7. The van der Waals surface area contributed by atoms with Crippen molar-refractivity contribution in [2.24, 2.45) is 5.73 Å². The molecule has 0 heterocycles. The third kappa shape index (κ3) is 2.76. The molecule has 1 aromatic rings. The molecule has 0 unspecified atom stereocenters. The Labute approximate surface area is 96.4 Å². The number of nitrogens with two attached hydrogens (primary N) is 1. The Morgan fingerprint density at radius 2 is 2.07 bits per heavy atom. The van der Waals surface area contributed by atoms with E-state index in [1.54, 1.807) is 0 Å². The molecule has 1 nitrogen and oxygen atoms in total. The van der Waals surface area contributed by atoms with E-state index in [0.717, 1.165) is 5.25 Å². The molecule has 0 spiro atoms. The molecule has 0 aromatic heterocycles. The predicted molar refractivity (Wildman–Crippen MR) is 67.2 cm³/mol. The maximum atomic E-state index is 5.78. The second-order valence-electron chi connectivity index (χ2n) is 4.34. The van der Waals surface area contributed by atoms with E-state index in [1.165, 1.54) is 41.7 Å². The number of thioether (sulfide) groups is 1. The zero-order valence-corrected chi connectivity index (χ0v) is 10.1. The second-order valence-corrected chi connectivity index (χ2v) is 5.68. The molecule has 1 saturated carbocycles. The van der Waals surface area contributed by atoms with Gasteiger partial charge in [-0.05, 0) is 31.4 Å². The van der Waals surface area contributed by atoms with Gasteiger partial charge in [0.25, 0.3) is 0 Å². The van der Waals surface area contributed by atoms with Gasteiger partial charge >= 0.3 is 0 Å². The first kappa shape index (κ1) is 11.0. The average molecular weight is 221 g/mol. The van der Waals surface area contributed by atoms with E-state index in [9.17, 15) is 0 Å². The molecule has 0 amide bonds. The van der Waals surface area contributed by atoms with Crippen molar-refractivity contribution >= 4 is 11.8 Å². The van der Waals surface area contributed by atoms with Gasteiger partial charge in [0.15, 0.2) is 0 Å². The van der Waals surface area contributed by atoms with Crippen LogP contribution >= 0.6 is 11.8 Å². The third-order valence-corrected chi connectivity index (χ3v) is 4.49. The maximum absolute atomic E-state index is 5.78. The first-order chi connectivity index (χ1) is 7.29. The van der Waals surface area contributed by atoms with Gasteiger partial charge in [0.1, 0.15) is 0 Å². The molecule has 0 saturated heterocycles. The monoisotopic (exact) mass is 221 g/mol. The van der Waals surface area contributed by atoms with Gasteiger partial charge in [-0.25, -0.2) is 0 Å². The second kappa shape index (κ2) is 5.04. The van der Waals surface area contributed by atoms with Gasteiger partial charge in [-0.3, -0.25) is 0 Å². The Hall–Kier alpha value is -0.470. The Morgan fingerprint density at radius 1 is 1.33 bits per heavy atom. The van der Waals surface area contributed by atoms with Crippen LogP contribution < -0.4 is 5.73 Å². The van der Waals surface area contributed by atoms with Crippen LogP contribution in [0.2, 0.25) is 0 Å². The molecule has 1 fully saturated rings. The zero-order valence-electron chi connectivity index (χ0n) is 9.33. The largest absolute Gasteiger partial charge is 0.326 e. The number of aryl methyl sites for hydroxylation is 1. The molecule has 0 radical (unpaired) electrons. The van der Waals surface area contributed by atoms with Crippen LogP contribution in [0, 0.1) is 6.92 Å². The molecule has 15 heavy (non-hydrogen) atoms. The third-order valence-electron chi connectivity index (χ3n) is 3.03. The maximum Gasteiger partial charge on any atom is 0.0189 e. The number of benzene rings is 1. The summed E-state index contributed by atoms with van der Waals surface area (Å²) in [4.78, 5) is 1.40. The fourth-order valence-corrected chi connectivity index (χ4v) is 3.54. The van der Waals surface area contributed by atoms with E-state index in [2.05, 4.69) is 25.1 Å². The summed E-state index contributed by atoms with van der Waals surface area (Å²) < 4.78 is 0. The van der Waals surface area contributed by atoms with Gasteiger partial charge in [0.2, 0.25) is 0 Å². The highest BCUT2D eigenvalue weighted by molar-refractivity contribution is 8.00.